The summed E-state index contributed by atoms with van der Waals surface area (Å²) in [7, 11) is 0. The minimum Gasteiger partial charge on any atom is -0.300 e. The molecule has 2 fully saturated rings. The molecule has 3 heteroatoms. The Morgan fingerprint density at radius 1 is 1.07 bits per heavy atom. The topological polar surface area (TPSA) is 34.1 Å². The lowest BCUT2D eigenvalue weighted by Crippen LogP contribution is -2.22. The van der Waals surface area contributed by atoms with Gasteiger partial charge < -0.3 is 0 Å². The molecule has 2 nitrogen and oxygen atoms in total. The molecule has 2 saturated carbocycles. The molecule has 2 rings (SSSR count). The van der Waals surface area contributed by atoms with Crippen molar-refractivity contribution in [1.82, 2.24) is 0 Å². The Morgan fingerprint density at radius 3 is 1.60 bits per heavy atom. The van der Waals surface area contributed by atoms with Crippen LogP contribution in [0.1, 0.15) is 45.4 Å². The van der Waals surface area contributed by atoms with Crippen LogP contribution in [0.25, 0.3) is 0 Å². The SMILES string of the molecule is CC(=O)C1CCC1.O=C(CBr)C1CCC1. The van der Waals surface area contributed by atoms with Crippen molar-refractivity contribution < 1.29 is 9.59 Å². The number of carbonyl (C=O) groups is 2. The Balaban J connectivity index is 0.000000151. The number of hydrogen-bond acceptors (Lipinski definition) is 2. The number of carbonyl (C=O) groups excluding carboxylic acids is 2. The fourth-order valence-corrected chi connectivity index (χ4v) is 2.11. The van der Waals surface area contributed by atoms with E-state index in [9.17, 15) is 9.59 Å². The fourth-order valence-electron chi connectivity index (χ4n) is 1.65. The van der Waals surface area contributed by atoms with Gasteiger partial charge >= 0.3 is 0 Å². The molecule has 0 radical (unpaired) electrons. The molecule has 0 unspecified atom stereocenters. The van der Waals surface area contributed by atoms with Gasteiger partial charge in [0, 0.05) is 11.8 Å². The third kappa shape index (κ3) is 4.06. The molecule has 0 aliphatic heterocycles. The Kier molecular flexibility index (Phi) is 5.51. The van der Waals surface area contributed by atoms with Crippen LogP contribution in [0.5, 0.6) is 0 Å². The summed E-state index contributed by atoms with van der Waals surface area (Å²) in [5, 5.41) is 0.553. The summed E-state index contributed by atoms with van der Waals surface area (Å²) in [4.78, 5) is 21.2. The summed E-state index contributed by atoms with van der Waals surface area (Å²) >= 11 is 3.14. The van der Waals surface area contributed by atoms with E-state index in [4.69, 9.17) is 0 Å². The van der Waals surface area contributed by atoms with E-state index >= 15 is 0 Å². The van der Waals surface area contributed by atoms with Crippen molar-refractivity contribution in [3.8, 4) is 0 Å². The Morgan fingerprint density at radius 2 is 1.53 bits per heavy atom. The molecule has 0 aromatic rings. The van der Waals surface area contributed by atoms with E-state index in [1.165, 1.54) is 12.8 Å². The summed E-state index contributed by atoms with van der Waals surface area (Å²) < 4.78 is 0. The van der Waals surface area contributed by atoms with Crippen molar-refractivity contribution >= 4 is 27.5 Å². The molecule has 0 heterocycles. The molecule has 0 atom stereocenters. The summed E-state index contributed by atoms with van der Waals surface area (Å²) in [5.74, 6) is 1.62. The molecule has 0 amide bonds. The predicted octanol–water partition coefficient (Wildman–Crippen LogP) is 3.13. The normalized spacial score (nSPS) is 20.7. The predicted molar refractivity (Wildman–Crippen MR) is 64.2 cm³/mol. The van der Waals surface area contributed by atoms with E-state index in [1.54, 1.807) is 6.92 Å². The molecular weight excluding hydrogens is 256 g/mol. The van der Waals surface area contributed by atoms with Crippen molar-refractivity contribution in [2.75, 3.05) is 5.33 Å². The number of Topliss-reactive ketones (excluding diaryl/α,β-unsaturated/α-hetero) is 2. The zero-order chi connectivity index (χ0) is 11.3. The van der Waals surface area contributed by atoms with Crippen LogP contribution in [0.2, 0.25) is 0 Å². The smallest absolute Gasteiger partial charge is 0.146 e. The van der Waals surface area contributed by atoms with E-state index in [1.807, 2.05) is 0 Å². The molecule has 15 heavy (non-hydrogen) atoms. The highest BCUT2D eigenvalue weighted by molar-refractivity contribution is 9.09. The summed E-state index contributed by atoms with van der Waals surface area (Å²) in [6, 6.07) is 0. The van der Waals surface area contributed by atoms with Crippen LogP contribution in [0, 0.1) is 11.8 Å². The highest BCUT2D eigenvalue weighted by atomic mass is 79.9. The second-order valence-corrected chi connectivity index (χ2v) is 5.03. The van der Waals surface area contributed by atoms with Crippen LogP contribution in [0.4, 0.5) is 0 Å². The van der Waals surface area contributed by atoms with Crippen molar-refractivity contribution in [2.24, 2.45) is 11.8 Å². The molecule has 0 N–H and O–H groups in total. The van der Waals surface area contributed by atoms with Gasteiger partial charge in [-0.05, 0) is 32.6 Å². The quantitative estimate of drug-likeness (QED) is 0.741. The van der Waals surface area contributed by atoms with E-state index in [-0.39, 0.29) is 0 Å². The Labute approximate surface area is 99.9 Å². The largest absolute Gasteiger partial charge is 0.300 e. The first kappa shape index (κ1) is 12.9. The Bertz CT molecular complexity index is 230. The molecule has 0 bridgehead atoms. The minimum absolute atomic E-state index is 0.381. The summed E-state index contributed by atoms with van der Waals surface area (Å²) in [6.45, 7) is 1.68. The van der Waals surface area contributed by atoms with Gasteiger partial charge in [-0.1, -0.05) is 28.8 Å². The first-order chi connectivity index (χ1) is 7.15. The maximum absolute atomic E-state index is 10.7. The van der Waals surface area contributed by atoms with E-state index in [0.29, 0.717) is 28.7 Å². The lowest BCUT2D eigenvalue weighted by atomic mass is 9.83. The second-order valence-electron chi connectivity index (χ2n) is 4.47. The standard InChI is InChI=1S/C6H9BrO.C6H10O/c7-4-6(8)5-2-1-3-5;1-5(7)6-3-2-4-6/h5H,1-4H2;6H,2-4H2,1H3. The first-order valence-corrected chi connectivity index (χ1v) is 6.86. The molecule has 0 saturated heterocycles. The van der Waals surface area contributed by atoms with Crippen LogP contribution in [-0.4, -0.2) is 16.9 Å². The van der Waals surface area contributed by atoms with Gasteiger partial charge in [-0.2, -0.15) is 0 Å². The number of alkyl halides is 1. The summed E-state index contributed by atoms with van der Waals surface area (Å²) in [5.41, 5.74) is 0. The minimum atomic E-state index is 0.381. The molecular formula is C12H19BrO2. The van der Waals surface area contributed by atoms with Gasteiger partial charge in [0.15, 0.2) is 0 Å². The van der Waals surface area contributed by atoms with Crippen molar-refractivity contribution in [1.29, 1.82) is 0 Å². The van der Waals surface area contributed by atoms with Crippen LogP contribution in [0.3, 0.4) is 0 Å². The number of halogens is 1. The average molecular weight is 275 g/mol. The van der Waals surface area contributed by atoms with Gasteiger partial charge in [-0.25, -0.2) is 0 Å². The average Bonchev–Trinajstić information content (AvgIpc) is 1.97. The van der Waals surface area contributed by atoms with Gasteiger partial charge in [0.05, 0.1) is 5.33 Å². The van der Waals surface area contributed by atoms with Gasteiger partial charge in [-0.15, -0.1) is 0 Å². The highest BCUT2D eigenvalue weighted by Gasteiger charge is 2.23. The molecule has 86 valence electrons. The molecule has 0 spiro atoms. The number of rotatable bonds is 3. The lowest BCUT2D eigenvalue weighted by Gasteiger charge is -2.22. The Hall–Kier alpha value is -0.180. The molecule has 2 aliphatic carbocycles. The van der Waals surface area contributed by atoms with Crippen LogP contribution >= 0.6 is 15.9 Å². The summed E-state index contributed by atoms with van der Waals surface area (Å²) in [6.07, 6.45) is 7.08. The van der Waals surface area contributed by atoms with E-state index < -0.39 is 0 Å². The number of hydrogen-bond donors (Lipinski definition) is 0. The van der Waals surface area contributed by atoms with E-state index in [2.05, 4.69) is 15.9 Å². The maximum atomic E-state index is 10.7. The fraction of sp³-hybridized carbons (Fsp3) is 0.833. The van der Waals surface area contributed by atoms with Crippen molar-refractivity contribution in [3.63, 3.8) is 0 Å². The first-order valence-electron chi connectivity index (χ1n) is 5.74. The second kappa shape index (κ2) is 6.41. The third-order valence-electron chi connectivity index (χ3n) is 3.37. The van der Waals surface area contributed by atoms with Gasteiger partial charge in [0.25, 0.3) is 0 Å². The molecule has 0 aromatic heterocycles. The van der Waals surface area contributed by atoms with Crippen LogP contribution in [-0.2, 0) is 9.59 Å². The van der Waals surface area contributed by atoms with Gasteiger partial charge in [0.2, 0.25) is 0 Å². The van der Waals surface area contributed by atoms with Crippen molar-refractivity contribution in [2.45, 2.75) is 45.4 Å². The van der Waals surface area contributed by atoms with E-state index in [0.717, 1.165) is 25.7 Å². The molecule has 0 aromatic carbocycles. The highest BCUT2D eigenvalue weighted by Crippen LogP contribution is 2.27. The zero-order valence-corrected chi connectivity index (χ0v) is 10.9. The maximum Gasteiger partial charge on any atom is 0.146 e. The third-order valence-corrected chi connectivity index (χ3v) is 3.92. The van der Waals surface area contributed by atoms with Gasteiger partial charge in [-0.3, -0.25) is 9.59 Å². The van der Waals surface area contributed by atoms with Crippen LogP contribution < -0.4 is 0 Å². The van der Waals surface area contributed by atoms with Gasteiger partial charge in [0.1, 0.15) is 11.6 Å². The monoisotopic (exact) mass is 274 g/mol. The number of ketones is 2. The molecule has 2 aliphatic rings. The lowest BCUT2D eigenvalue weighted by molar-refractivity contribution is -0.123. The van der Waals surface area contributed by atoms with Crippen molar-refractivity contribution in [3.05, 3.63) is 0 Å². The zero-order valence-electron chi connectivity index (χ0n) is 9.30. The van der Waals surface area contributed by atoms with Crippen LogP contribution in [0.15, 0.2) is 0 Å².